The maximum Gasteiger partial charge on any atom is 0.206 e. The van der Waals surface area contributed by atoms with Gasteiger partial charge in [0, 0.05) is 5.56 Å². The minimum absolute atomic E-state index is 0.193. The number of allylic oxidation sites excluding steroid dienone is 1. The van der Waals surface area contributed by atoms with Crippen molar-refractivity contribution in [2.75, 3.05) is 7.11 Å². The van der Waals surface area contributed by atoms with E-state index >= 15 is 0 Å². The van der Waals surface area contributed by atoms with E-state index in [0.29, 0.717) is 11.3 Å². The summed E-state index contributed by atoms with van der Waals surface area (Å²) in [7, 11) is 1.61. The van der Waals surface area contributed by atoms with Crippen molar-refractivity contribution in [2.24, 2.45) is 0 Å². The van der Waals surface area contributed by atoms with Crippen LogP contribution in [0.4, 0.5) is 0 Å². The highest BCUT2D eigenvalue weighted by Crippen LogP contribution is 2.39. The molecule has 1 N–H and O–H groups in total. The van der Waals surface area contributed by atoms with Crippen LogP contribution in [0.2, 0.25) is 0 Å². The average Bonchev–Trinajstić information content (AvgIpc) is 2.62. The van der Waals surface area contributed by atoms with E-state index in [2.05, 4.69) is 5.32 Å². The van der Waals surface area contributed by atoms with Crippen molar-refractivity contribution in [1.82, 2.24) is 10.4 Å². The van der Waals surface area contributed by atoms with E-state index in [-0.39, 0.29) is 10.8 Å². The fourth-order valence-corrected chi connectivity index (χ4v) is 3.31. The van der Waals surface area contributed by atoms with Crippen molar-refractivity contribution in [3.63, 3.8) is 0 Å². The largest absolute Gasteiger partial charge is 0.366 e. The molecule has 1 aromatic rings. The van der Waals surface area contributed by atoms with Crippen molar-refractivity contribution in [1.29, 1.82) is 0 Å². The highest BCUT2D eigenvalue weighted by Gasteiger charge is 2.50. The zero-order valence-electron chi connectivity index (χ0n) is 13.0. The molecule has 1 aliphatic heterocycles. The molecule has 0 bridgehead atoms. The molecule has 4 nitrogen and oxygen atoms in total. The molecule has 1 heterocycles. The molecular formula is C16H21ClN2O2. The van der Waals surface area contributed by atoms with Crippen LogP contribution in [0.3, 0.4) is 0 Å². The van der Waals surface area contributed by atoms with Gasteiger partial charge in [0.05, 0.1) is 18.3 Å². The molecule has 0 atom stereocenters. The Balaban J connectivity index is 2.46. The summed E-state index contributed by atoms with van der Waals surface area (Å²) in [5.41, 5.74) is 0.260. The quantitative estimate of drug-likeness (QED) is 0.687. The Morgan fingerprint density at radius 1 is 1.19 bits per heavy atom. The van der Waals surface area contributed by atoms with Crippen LogP contribution in [0, 0.1) is 0 Å². The van der Waals surface area contributed by atoms with Gasteiger partial charge < -0.3 is 5.32 Å². The van der Waals surface area contributed by atoms with Crippen LogP contribution >= 0.6 is 11.6 Å². The summed E-state index contributed by atoms with van der Waals surface area (Å²) in [5.74, 6) is -0.193. The van der Waals surface area contributed by atoms with Crippen LogP contribution in [0.5, 0.6) is 0 Å². The number of hydroxylamine groups is 2. The van der Waals surface area contributed by atoms with E-state index < -0.39 is 11.2 Å². The first-order valence-corrected chi connectivity index (χ1v) is 7.22. The fourth-order valence-electron chi connectivity index (χ4n) is 2.92. The molecule has 2 rings (SSSR count). The molecule has 114 valence electrons. The van der Waals surface area contributed by atoms with Crippen molar-refractivity contribution in [3.05, 3.63) is 46.6 Å². The first kappa shape index (κ1) is 16.0. The summed E-state index contributed by atoms with van der Waals surface area (Å²) in [5, 5.41) is 5.29. The molecular weight excluding hydrogens is 288 g/mol. The van der Waals surface area contributed by atoms with Crippen LogP contribution in [-0.4, -0.2) is 29.2 Å². The Bertz CT molecular complexity index is 579. The highest BCUT2D eigenvalue weighted by atomic mass is 35.5. The van der Waals surface area contributed by atoms with E-state index in [1.165, 1.54) is 0 Å². The smallest absolute Gasteiger partial charge is 0.206 e. The molecule has 5 heteroatoms. The zero-order valence-corrected chi connectivity index (χ0v) is 13.8. The highest BCUT2D eigenvalue weighted by molar-refractivity contribution is 6.45. The maximum atomic E-state index is 12.5. The molecule has 1 aliphatic rings. The van der Waals surface area contributed by atoms with Crippen LogP contribution in [-0.2, 0) is 4.84 Å². The molecule has 0 unspecified atom stereocenters. The fraction of sp³-hybridized carbons (Fsp3) is 0.438. The molecule has 1 aromatic carbocycles. The lowest BCUT2D eigenvalue weighted by Gasteiger charge is -2.35. The van der Waals surface area contributed by atoms with Crippen molar-refractivity contribution < 1.29 is 9.63 Å². The predicted molar refractivity (Wildman–Crippen MR) is 83.8 cm³/mol. The zero-order chi connectivity index (χ0) is 15.8. The topological polar surface area (TPSA) is 41.6 Å². The number of Topliss-reactive ketones (excluding diaryl/α,β-unsaturated/α-hetero) is 1. The molecule has 1 fully saturated rings. The molecule has 1 saturated heterocycles. The Hall–Kier alpha value is -1.36. The lowest BCUT2D eigenvalue weighted by molar-refractivity contribution is -0.219. The standard InChI is InChI=1S/C16H21ClN2O2/c1-15(2)14(18-16(3,4)19(15)21-5)12(17)13(20)11-9-7-6-8-10-11/h6-10,18H,1-5H3/b14-12+. The third kappa shape index (κ3) is 2.71. The van der Waals surface area contributed by atoms with Crippen LogP contribution < -0.4 is 5.32 Å². The molecule has 0 aromatic heterocycles. The van der Waals surface area contributed by atoms with Crippen LogP contribution in [0.1, 0.15) is 38.1 Å². The Kier molecular flexibility index (Phi) is 4.15. The third-order valence-electron chi connectivity index (χ3n) is 3.70. The minimum atomic E-state index is -0.528. The van der Waals surface area contributed by atoms with E-state index in [9.17, 15) is 4.79 Å². The van der Waals surface area contributed by atoms with E-state index in [4.69, 9.17) is 16.4 Å². The number of carbonyl (C=O) groups excluding carboxylic acids is 1. The number of hydrogen-bond acceptors (Lipinski definition) is 4. The molecule has 0 amide bonds. The molecule has 0 radical (unpaired) electrons. The predicted octanol–water partition coefficient (Wildman–Crippen LogP) is 3.30. The molecule has 21 heavy (non-hydrogen) atoms. The average molecular weight is 309 g/mol. The summed E-state index contributed by atoms with van der Waals surface area (Å²) in [4.78, 5) is 18.0. The second-order valence-corrected chi connectivity index (χ2v) is 6.48. The first-order valence-electron chi connectivity index (χ1n) is 6.84. The van der Waals surface area contributed by atoms with Gasteiger partial charge in [0.1, 0.15) is 10.7 Å². The summed E-state index contributed by atoms with van der Waals surface area (Å²) in [6.07, 6.45) is 0. The third-order valence-corrected chi connectivity index (χ3v) is 4.06. The van der Waals surface area contributed by atoms with Gasteiger partial charge >= 0.3 is 0 Å². The van der Waals surface area contributed by atoms with E-state index in [0.717, 1.165) is 0 Å². The second-order valence-electron chi connectivity index (χ2n) is 6.10. The normalized spacial score (nSPS) is 22.8. The van der Waals surface area contributed by atoms with Gasteiger partial charge in [0.15, 0.2) is 0 Å². The van der Waals surface area contributed by atoms with Crippen molar-refractivity contribution in [3.8, 4) is 0 Å². The summed E-state index contributed by atoms with van der Waals surface area (Å²) < 4.78 is 0. The molecule has 0 aliphatic carbocycles. The lowest BCUT2D eigenvalue weighted by atomic mass is 9.99. The Morgan fingerprint density at radius 3 is 2.24 bits per heavy atom. The molecule has 0 spiro atoms. The minimum Gasteiger partial charge on any atom is -0.366 e. The summed E-state index contributed by atoms with van der Waals surface area (Å²) >= 11 is 6.39. The number of benzene rings is 1. The van der Waals surface area contributed by atoms with Crippen molar-refractivity contribution in [2.45, 2.75) is 38.9 Å². The maximum absolute atomic E-state index is 12.5. The Morgan fingerprint density at radius 2 is 1.76 bits per heavy atom. The SMILES string of the molecule is CON1C(C)(C)N/C(=C(/Cl)C(=O)c2ccccc2)C1(C)C. The molecule has 0 saturated carbocycles. The second kappa shape index (κ2) is 5.44. The number of halogens is 1. The van der Waals surface area contributed by atoms with E-state index in [1.807, 2.05) is 45.9 Å². The summed E-state index contributed by atoms with van der Waals surface area (Å²) in [6, 6.07) is 9.02. The number of hydrogen-bond donors (Lipinski definition) is 1. The first-order chi connectivity index (χ1) is 9.71. The number of nitrogens with one attached hydrogen (secondary N) is 1. The van der Waals surface area contributed by atoms with Gasteiger partial charge in [-0.15, -0.1) is 0 Å². The van der Waals surface area contributed by atoms with Gasteiger partial charge in [-0.1, -0.05) is 41.9 Å². The van der Waals surface area contributed by atoms with Gasteiger partial charge in [-0.05, 0) is 27.7 Å². The van der Waals surface area contributed by atoms with Gasteiger partial charge in [-0.3, -0.25) is 9.63 Å². The van der Waals surface area contributed by atoms with Gasteiger partial charge in [0.25, 0.3) is 0 Å². The van der Waals surface area contributed by atoms with Gasteiger partial charge in [-0.2, -0.15) is 5.06 Å². The Labute approximate surface area is 130 Å². The van der Waals surface area contributed by atoms with Gasteiger partial charge in [-0.25, -0.2) is 0 Å². The number of rotatable bonds is 3. The van der Waals surface area contributed by atoms with Crippen LogP contribution in [0.15, 0.2) is 41.1 Å². The monoisotopic (exact) mass is 308 g/mol. The number of carbonyl (C=O) groups is 1. The van der Waals surface area contributed by atoms with Crippen LogP contribution in [0.25, 0.3) is 0 Å². The summed E-state index contributed by atoms with van der Waals surface area (Å²) in [6.45, 7) is 7.88. The lowest BCUT2D eigenvalue weighted by Crippen LogP contribution is -2.50. The number of nitrogens with zero attached hydrogens (tertiary/aromatic N) is 1. The number of ketones is 1. The van der Waals surface area contributed by atoms with E-state index in [1.54, 1.807) is 24.3 Å². The van der Waals surface area contributed by atoms with Crippen molar-refractivity contribution >= 4 is 17.4 Å². The van der Waals surface area contributed by atoms with Gasteiger partial charge in [0.2, 0.25) is 5.78 Å².